The summed E-state index contributed by atoms with van der Waals surface area (Å²) in [4.78, 5) is 15.4. The highest BCUT2D eigenvalue weighted by Crippen LogP contribution is 2.20. The van der Waals surface area contributed by atoms with Crippen molar-refractivity contribution in [2.75, 3.05) is 10.6 Å². The minimum atomic E-state index is -0.0590. The van der Waals surface area contributed by atoms with E-state index in [9.17, 15) is 4.79 Å². The molecule has 0 spiro atoms. The second-order valence-electron chi connectivity index (χ2n) is 5.14. The summed E-state index contributed by atoms with van der Waals surface area (Å²) in [6, 6.07) is 5.97. The first-order valence-corrected chi connectivity index (χ1v) is 7.21. The first-order valence-electron chi connectivity index (χ1n) is 7.21. The van der Waals surface area contributed by atoms with Crippen LogP contribution >= 0.6 is 0 Å². The van der Waals surface area contributed by atoms with E-state index in [2.05, 4.69) is 27.1 Å². The van der Waals surface area contributed by atoms with Gasteiger partial charge in [-0.05, 0) is 31.0 Å². The SMILES string of the molecule is CCCn1cncc1CNc1ccc(C)c(NC(C)=O)c1. The fraction of sp³-hybridized carbons (Fsp3) is 0.375. The molecular weight excluding hydrogens is 264 g/mol. The van der Waals surface area contributed by atoms with Crippen LogP contribution in [-0.4, -0.2) is 15.5 Å². The number of aromatic nitrogens is 2. The molecule has 0 bridgehead atoms. The highest BCUT2D eigenvalue weighted by molar-refractivity contribution is 5.90. The van der Waals surface area contributed by atoms with Crippen molar-refractivity contribution in [2.24, 2.45) is 0 Å². The lowest BCUT2D eigenvalue weighted by molar-refractivity contribution is -0.114. The molecule has 1 aromatic heterocycles. The second kappa shape index (κ2) is 6.92. The van der Waals surface area contributed by atoms with Crippen LogP contribution in [0.3, 0.4) is 0 Å². The van der Waals surface area contributed by atoms with Crippen molar-refractivity contribution in [3.05, 3.63) is 42.0 Å². The molecule has 0 aliphatic rings. The fourth-order valence-corrected chi connectivity index (χ4v) is 2.19. The van der Waals surface area contributed by atoms with E-state index < -0.39 is 0 Å². The Kier molecular flexibility index (Phi) is 4.98. The monoisotopic (exact) mass is 286 g/mol. The van der Waals surface area contributed by atoms with Crippen molar-refractivity contribution in [3.8, 4) is 0 Å². The number of anilines is 2. The first-order chi connectivity index (χ1) is 10.1. The van der Waals surface area contributed by atoms with Crippen LogP contribution in [-0.2, 0) is 17.9 Å². The summed E-state index contributed by atoms with van der Waals surface area (Å²) in [6.45, 7) is 7.33. The molecule has 0 aliphatic heterocycles. The number of carbonyl (C=O) groups is 1. The molecule has 0 saturated carbocycles. The third-order valence-corrected chi connectivity index (χ3v) is 3.28. The van der Waals surface area contributed by atoms with Crippen LogP contribution in [0.25, 0.3) is 0 Å². The zero-order valence-electron chi connectivity index (χ0n) is 12.8. The number of nitrogens with zero attached hydrogens (tertiary/aromatic N) is 2. The van der Waals surface area contributed by atoms with Gasteiger partial charge in [-0.2, -0.15) is 0 Å². The van der Waals surface area contributed by atoms with Gasteiger partial charge in [0.25, 0.3) is 0 Å². The van der Waals surface area contributed by atoms with Crippen molar-refractivity contribution >= 4 is 17.3 Å². The Hall–Kier alpha value is -2.30. The fourth-order valence-electron chi connectivity index (χ4n) is 2.19. The summed E-state index contributed by atoms with van der Waals surface area (Å²) in [7, 11) is 0. The van der Waals surface area contributed by atoms with Crippen LogP contribution in [0.5, 0.6) is 0 Å². The topological polar surface area (TPSA) is 59.0 Å². The smallest absolute Gasteiger partial charge is 0.221 e. The average molecular weight is 286 g/mol. The molecule has 2 rings (SSSR count). The quantitative estimate of drug-likeness (QED) is 0.857. The molecule has 1 aromatic carbocycles. The normalized spacial score (nSPS) is 10.4. The van der Waals surface area contributed by atoms with Crippen molar-refractivity contribution in [1.29, 1.82) is 0 Å². The maximum Gasteiger partial charge on any atom is 0.221 e. The molecule has 1 amide bonds. The van der Waals surface area contributed by atoms with E-state index in [-0.39, 0.29) is 5.91 Å². The number of benzene rings is 1. The van der Waals surface area contributed by atoms with Gasteiger partial charge < -0.3 is 15.2 Å². The minimum Gasteiger partial charge on any atom is -0.379 e. The molecule has 5 heteroatoms. The highest BCUT2D eigenvalue weighted by atomic mass is 16.1. The van der Waals surface area contributed by atoms with Gasteiger partial charge in [0.15, 0.2) is 0 Å². The van der Waals surface area contributed by atoms with Gasteiger partial charge in [0, 0.05) is 31.0 Å². The van der Waals surface area contributed by atoms with E-state index in [0.717, 1.165) is 35.6 Å². The van der Waals surface area contributed by atoms with Crippen LogP contribution in [0.15, 0.2) is 30.7 Å². The van der Waals surface area contributed by atoms with E-state index in [1.54, 1.807) is 0 Å². The number of nitrogens with one attached hydrogen (secondary N) is 2. The number of imidazole rings is 1. The standard InChI is InChI=1S/C16H22N4O/c1-4-7-20-11-17-9-15(20)10-18-14-6-5-12(2)16(8-14)19-13(3)21/h5-6,8-9,11,18H,4,7,10H2,1-3H3,(H,19,21). The van der Waals surface area contributed by atoms with Gasteiger partial charge in [-0.25, -0.2) is 4.98 Å². The van der Waals surface area contributed by atoms with Gasteiger partial charge >= 0.3 is 0 Å². The van der Waals surface area contributed by atoms with Crippen molar-refractivity contribution < 1.29 is 4.79 Å². The number of hydrogen-bond acceptors (Lipinski definition) is 3. The van der Waals surface area contributed by atoms with Crippen LogP contribution in [0, 0.1) is 6.92 Å². The first kappa shape index (κ1) is 15.1. The van der Waals surface area contributed by atoms with Crippen molar-refractivity contribution in [3.63, 3.8) is 0 Å². The summed E-state index contributed by atoms with van der Waals surface area (Å²) in [5.74, 6) is -0.0590. The van der Waals surface area contributed by atoms with Gasteiger partial charge in [-0.15, -0.1) is 0 Å². The Morgan fingerprint density at radius 2 is 2.19 bits per heavy atom. The Balaban J connectivity index is 2.06. The molecule has 0 aliphatic carbocycles. The minimum absolute atomic E-state index is 0.0590. The summed E-state index contributed by atoms with van der Waals surface area (Å²) < 4.78 is 2.15. The summed E-state index contributed by atoms with van der Waals surface area (Å²) >= 11 is 0. The van der Waals surface area contributed by atoms with E-state index >= 15 is 0 Å². The molecule has 1 heterocycles. The molecule has 21 heavy (non-hydrogen) atoms. The number of carbonyl (C=O) groups excluding carboxylic acids is 1. The molecular formula is C16H22N4O. The predicted molar refractivity (Wildman–Crippen MR) is 85.3 cm³/mol. The van der Waals surface area contributed by atoms with E-state index in [1.807, 2.05) is 37.6 Å². The van der Waals surface area contributed by atoms with Gasteiger partial charge in [0.1, 0.15) is 0 Å². The molecule has 2 aromatic rings. The molecule has 2 N–H and O–H groups in total. The van der Waals surface area contributed by atoms with Gasteiger partial charge in [-0.3, -0.25) is 4.79 Å². The van der Waals surface area contributed by atoms with Crippen molar-refractivity contribution in [2.45, 2.75) is 40.3 Å². The zero-order chi connectivity index (χ0) is 15.2. The number of amides is 1. The number of rotatable bonds is 6. The summed E-state index contributed by atoms with van der Waals surface area (Å²) in [6.07, 6.45) is 4.82. The van der Waals surface area contributed by atoms with E-state index in [1.165, 1.54) is 6.92 Å². The van der Waals surface area contributed by atoms with Crippen molar-refractivity contribution in [1.82, 2.24) is 9.55 Å². The van der Waals surface area contributed by atoms with E-state index in [4.69, 9.17) is 0 Å². The van der Waals surface area contributed by atoms with Gasteiger partial charge in [0.05, 0.1) is 18.6 Å². The Labute approximate surface area is 125 Å². The average Bonchev–Trinajstić information content (AvgIpc) is 2.87. The second-order valence-corrected chi connectivity index (χ2v) is 5.14. The van der Waals surface area contributed by atoms with E-state index in [0.29, 0.717) is 6.54 Å². The maximum absolute atomic E-state index is 11.2. The van der Waals surface area contributed by atoms with Crippen LogP contribution in [0.2, 0.25) is 0 Å². The highest BCUT2D eigenvalue weighted by Gasteiger charge is 2.04. The predicted octanol–water partition coefficient (Wildman–Crippen LogP) is 3.17. The Morgan fingerprint density at radius 3 is 2.90 bits per heavy atom. The molecule has 0 atom stereocenters. The van der Waals surface area contributed by atoms with Crippen LogP contribution in [0.4, 0.5) is 11.4 Å². The third-order valence-electron chi connectivity index (χ3n) is 3.28. The van der Waals surface area contributed by atoms with Gasteiger partial charge in [0.2, 0.25) is 5.91 Å². The molecule has 0 saturated heterocycles. The number of aryl methyl sites for hydroxylation is 2. The number of hydrogen-bond donors (Lipinski definition) is 2. The molecule has 112 valence electrons. The Morgan fingerprint density at radius 1 is 1.38 bits per heavy atom. The lowest BCUT2D eigenvalue weighted by atomic mass is 10.1. The molecule has 0 radical (unpaired) electrons. The lowest BCUT2D eigenvalue weighted by Crippen LogP contribution is -2.09. The van der Waals surface area contributed by atoms with Crippen LogP contribution < -0.4 is 10.6 Å². The van der Waals surface area contributed by atoms with Gasteiger partial charge in [-0.1, -0.05) is 13.0 Å². The summed E-state index contributed by atoms with van der Waals surface area (Å²) in [5.41, 5.74) is 4.02. The molecule has 5 nitrogen and oxygen atoms in total. The maximum atomic E-state index is 11.2. The molecule has 0 fully saturated rings. The Bertz CT molecular complexity index is 618. The third kappa shape index (κ3) is 4.08. The summed E-state index contributed by atoms with van der Waals surface area (Å²) in [5, 5.41) is 6.22. The van der Waals surface area contributed by atoms with Crippen LogP contribution in [0.1, 0.15) is 31.5 Å². The largest absolute Gasteiger partial charge is 0.379 e. The lowest BCUT2D eigenvalue weighted by Gasteiger charge is -2.12. The molecule has 0 unspecified atom stereocenters. The zero-order valence-corrected chi connectivity index (χ0v) is 12.8.